The molecule has 1 aromatic carbocycles. The van der Waals surface area contributed by atoms with Gasteiger partial charge in [-0.2, -0.15) is 0 Å². The fraction of sp³-hybridized carbons (Fsp3) is 0.316. The average molecular weight is 373 g/mol. The van der Waals surface area contributed by atoms with Gasteiger partial charge >= 0.3 is 0 Å². The first-order chi connectivity index (χ1) is 12.0. The van der Waals surface area contributed by atoms with E-state index in [0.29, 0.717) is 11.3 Å². The predicted molar refractivity (Wildman–Crippen MR) is 104 cm³/mol. The Morgan fingerprint density at radius 3 is 2.56 bits per heavy atom. The highest BCUT2D eigenvalue weighted by molar-refractivity contribution is 8.00. The number of carbonyl (C=O) groups excluding carboxylic acids is 1. The van der Waals surface area contributed by atoms with E-state index in [0.717, 1.165) is 33.2 Å². The van der Waals surface area contributed by atoms with Crippen molar-refractivity contribution < 1.29 is 9.53 Å². The molecule has 2 heterocycles. The monoisotopic (exact) mass is 372 g/mol. The Morgan fingerprint density at radius 1 is 1.20 bits per heavy atom. The van der Waals surface area contributed by atoms with E-state index in [1.54, 1.807) is 30.6 Å². The van der Waals surface area contributed by atoms with Crippen LogP contribution in [0.4, 0.5) is 0 Å². The molecule has 0 atom stereocenters. The summed E-state index contributed by atoms with van der Waals surface area (Å²) in [5.74, 6) is 2.02. The molecule has 0 aliphatic heterocycles. The number of ketones is 1. The lowest BCUT2D eigenvalue weighted by molar-refractivity contribution is 0.102. The molecule has 25 heavy (non-hydrogen) atoms. The second-order valence-electron chi connectivity index (χ2n) is 5.70. The average Bonchev–Trinajstić information content (AvgIpc) is 2.93. The van der Waals surface area contributed by atoms with Crippen LogP contribution in [0.5, 0.6) is 5.75 Å². The van der Waals surface area contributed by atoms with Crippen molar-refractivity contribution in [2.24, 2.45) is 0 Å². The highest BCUT2D eigenvalue weighted by Gasteiger charge is 2.16. The lowest BCUT2D eigenvalue weighted by Crippen LogP contribution is -2.03. The predicted octanol–water partition coefficient (Wildman–Crippen LogP) is 4.85. The topological polar surface area (TPSA) is 52.1 Å². The zero-order chi connectivity index (χ0) is 18.0. The van der Waals surface area contributed by atoms with Gasteiger partial charge in [0.25, 0.3) is 0 Å². The van der Waals surface area contributed by atoms with Crippen LogP contribution in [0.3, 0.4) is 0 Å². The van der Waals surface area contributed by atoms with Crippen molar-refractivity contribution >= 4 is 39.1 Å². The molecule has 0 unspecified atom stereocenters. The van der Waals surface area contributed by atoms with E-state index < -0.39 is 0 Å². The summed E-state index contributed by atoms with van der Waals surface area (Å²) in [5.41, 5.74) is 1.90. The van der Waals surface area contributed by atoms with Crippen LogP contribution in [0.1, 0.15) is 33.5 Å². The Labute approximate surface area is 155 Å². The van der Waals surface area contributed by atoms with E-state index in [1.165, 1.54) is 22.2 Å². The van der Waals surface area contributed by atoms with Crippen LogP contribution in [0.25, 0.3) is 10.2 Å². The number of Topliss-reactive ketones (excluding diaryl/α,β-unsaturated/α-hetero) is 1. The molecule has 0 radical (unpaired) electrons. The summed E-state index contributed by atoms with van der Waals surface area (Å²) in [4.78, 5) is 24.1. The van der Waals surface area contributed by atoms with Gasteiger partial charge in [-0.25, -0.2) is 9.97 Å². The minimum atomic E-state index is 0.0852. The highest BCUT2D eigenvalue weighted by Crippen LogP contribution is 2.35. The first-order valence-electron chi connectivity index (χ1n) is 8.10. The molecule has 2 aromatic heterocycles. The van der Waals surface area contributed by atoms with Gasteiger partial charge in [-0.3, -0.25) is 4.79 Å². The highest BCUT2D eigenvalue weighted by atomic mass is 32.2. The summed E-state index contributed by atoms with van der Waals surface area (Å²) in [5, 5.41) is 2.00. The molecule has 130 valence electrons. The molecule has 0 aliphatic rings. The summed E-state index contributed by atoms with van der Waals surface area (Å²) in [6, 6.07) is 7.22. The van der Waals surface area contributed by atoms with Crippen LogP contribution < -0.4 is 4.74 Å². The Balaban J connectivity index is 1.85. The molecular formula is C19H20N2O2S2. The molecule has 0 saturated heterocycles. The van der Waals surface area contributed by atoms with Crippen molar-refractivity contribution in [1.82, 2.24) is 9.97 Å². The number of aromatic nitrogens is 2. The minimum absolute atomic E-state index is 0.0852. The maximum atomic E-state index is 12.5. The lowest BCUT2D eigenvalue weighted by atomic mass is 10.1. The van der Waals surface area contributed by atoms with Crippen LogP contribution in [-0.2, 0) is 6.42 Å². The number of aryl methyl sites for hydroxylation is 3. The third-order valence-electron chi connectivity index (χ3n) is 4.11. The zero-order valence-electron chi connectivity index (χ0n) is 14.8. The standard InChI is InChI=1S/C19H20N2O2S2/c1-5-16-20-18(17-11(2)12(3)25-19(17)21-16)24-10-15(22)13-6-8-14(23-4)9-7-13/h6-9H,5,10H2,1-4H3. The largest absolute Gasteiger partial charge is 0.497 e. The molecule has 6 heteroatoms. The summed E-state index contributed by atoms with van der Waals surface area (Å²) < 4.78 is 5.14. The third-order valence-corrected chi connectivity index (χ3v) is 6.19. The van der Waals surface area contributed by atoms with Crippen molar-refractivity contribution in [2.75, 3.05) is 12.9 Å². The summed E-state index contributed by atoms with van der Waals surface area (Å²) >= 11 is 3.19. The van der Waals surface area contributed by atoms with Gasteiger partial charge in [0, 0.05) is 22.2 Å². The smallest absolute Gasteiger partial charge is 0.173 e. The van der Waals surface area contributed by atoms with Gasteiger partial charge in [-0.05, 0) is 43.7 Å². The number of methoxy groups -OCH3 is 1. The van der Waals surface area contributed by atoms with Crippen molar-refractivity contribution in [3.8, 4) is 5.75 Å². The van der Waals surface area contributed by atoms with E-state index in [1.807, 2.05) is 19.1 Å². The Hall–Kier alpha value is -1.92. The van der Waals surface area contributed by atoms with E-state index in [9.17, 15) is 4.79 Å². The number of benzene rings is 1. The number of thiophene rings is 1. The van der Waals surface area contributed by atoms with E-state index in [-0.39, 0.29) is 5.78 Å². The molecule has 0 fully saturated rings. The van der Waals surface area contributed by atoms with Gasteiger partial charge in [0.05, 0.1) is 12.9 Å². The van der Waals surface area contributed by atoms with E-state index in [4.69, 9.17) is 4.74 Å². The molecule has 0 aliphatic carbocycles. The molecule has 3 aromatic rings. The number of ether oxygens (including phenoxy) is 1. The van der Waals surface area contributed by atoms with Crippen LogP contribution in [0.15, 0.2) is 29.3 Å². The van der Waals surface area contributed by atoms with Crippen molar-refractivity contribution in [3.63, 3.8) is 0 Å². The van der Waals surface area contributed by atoms with Crippen molar-refractivity contribution in [1.29, 1.82) is 0 Å². The van der Waals surface area contributed by atoms with Crippen LogP contribution in [0, 0.1) is 13.8 Å². The minimum Gasteiger partial charge on any atom is -0.497 e. The fourth-order valence-corrected chi connectivity index (χ4v) is 4.62. The molecular weight excluding hydrogens is 352 g/mol. The van der Waals surface area contributed by atoms with Gasteiger partial charge < -0.3 is 4.74 Å². The quantitative estimate of drug-likeness (QED) is 0.351. The second-order valence-corrected chi connectivity index (χ2v) is 7.87. The Bertz CT molecular complexity index is 917. The number of nitrogens with zero attached hydrogens (tertiary/aromatic N) is 2. The van der Waals surface area contributed by atoms with Crippen LogP contribution in [-0.4, -0.2) is 28.6 Å². The molecule has 0 saturated carbocycles. The third kappa shape index (κ3) is 3.70. The Morgan fingerprint density at radius 2 is 1.92 bits per heavy atom. The molecule has 0 bridgehead atoms. The van der Waals surface area contributed by atoms with E-state index >= 15 is 0 Å². The number of hydrogen-bond donors (Lipinski definition) is 0. The Kier molecular flexibility index (Phi) is 5.39. The summed E-state index contributed by atoms with van der Waals surface area (Å²) in [6.07, 6.45) is 0.784. The van der Waals surface area contributed by atoms with E-state index in [2.05, 4.69) is 23.8 Å². The molecule has 0 N–H and O–H groups in total. The van der Waals surface area contributed by atoms with Crippen molar-refractivity contribution in [3.05, 3.63) is 46.1 Å². The molecule has 0 amide bonds. The maximum absolute atomic E-state index is 12.5. The van der Waals surface area contributed by atoms with Crippen LogP contribution >= 0.6 is 23.1 Å². The molecule has 3 rings (SSSR count). The van der Waals surface area contributed by atoms with Crippen molar-refractivity contribution in [2.45, 2.75) is 32.2 Å². The maximum Gasteiger partial charge on any atom is 0.173 e. The summed E-state index contributed by atoms with van der Waals surface area (Å²) in [6.45, 7) is 6.24. The second kappa shape index (κ2) is 7.54. The van der Waals surface area contributed by atoms with Gasteiger partial charge in [-0.1, -0.05) is 18.7 Å². The number of hydrogen-bond acceptors (Lipinski definition) is 6. The number of fused-ring (bicyclic) bond motifs is 1. The first-order valence-corrected chi connectivity index (χ1v) is 9.90. The normalized spacial score (nSPS) is 11.0. The lowest BCUT2D eigenvalue weighted by Gasteiger charge is -2.06. The van der Waals surface area contributed by atoms with Crippen LogP contribution in [0.2, 0.25) is 0 Å². The number of carbonyl (C=O) groups is 1. The number of rotatable bonds is 6. The van der Waals surface area contributed by atoms with Gasteiger partial charge in [-0.15, -0.1) is 11.3 Å². The molecule has 4 nitrogen and oxygen atoms in total. The summed E-state index contributed by atoms with van der Waals surface area (Å²) in [7, 11) is 1.61. The van der Waals surface area contributed by atoms with Gasteiger partial charge in [0.1, 0.15) is 21.4 Å². The van der Waals surface area contributed by atoms with Gasteiger partial charge in [0.15, 0.2) is 5.78 Å². The first kappa shape index (κ1) is 17.9. The number of thioether (sulfide) groups is 1. The SMILES string of the molecule is CCc1nc(SCC(=O)c2ccc(OC)cc2)c2c(C)c(C)sc2n1. The molecule has 0 spiro atoms. The van der Waals surface area contributed by atoms with Gasteiger partial charge in [0.2, 0.25) is 0 Å². The zero-order valence-corrected chi connectivity index (χ0v) is 16.4. The fourth-order valence-electron chi connectivity index (χ4n) is 2.51.